The molecule has 2 heterocycles. The number of fused-ring (bicyclic) bond motifs is 1. The highest BCUT2D eigenvalue weighted by Gasteiger charge is 2.39. The zero-order valence-corrected chi connectivity index (χ0v) is 13.1. The van der Waals surface area contributed by atoms with Gasteiger partial charge in [-0.15, -0.1) is 0 Å². The molecule has 108 valence electrons. The summed E-state index contributed by atoms with van der Waals surface area (Å²) in [7, 11) is 0. The number of aliphatic imine (C=N–C) groups is 1. The Hall–Kier alpha value is -1.95. The minimum absolute atomic E-state index is 0.283. The van der Waals surface area contributed by atoms with Crippen molar-refractivity contribution in [3.63, 3.8) is 0 Å². The first-order valence-electron chi connectivity index (χ1n) is 6.47. The van der Waals surface area contributed by atoms with E-state index in [1.54, 1.807) is 19.9 Å². The van der Waals surface area contributed by atoms with Gasteiger partial charge in [-0.25, -0.2) is 4.99 Å². The average molecular weight is 349 g/mol. The summed E-state index contributed by atoms with van der Waals surface area (Å²) in [6, 6.07) is 4.49. The minimum atomic E-state index is -0.966. The lowest BCUT2D eigenvalue weighted by molar-refractivity contribution is -0.461. The van der Waals surface area contributed by atoms with E-state index < -0.39 is 11.8 Å². The van der Waals surface area contributed by atoms with Gasteiger partial charge >= 0.3 is 0 Å². The van der Waals surface area contributed by atoms with E-state index in [-0.39, 0.29) is 5.78 Å². The molecule has 3 rings (SSSR count). The Bertz CT molecular complexity index is 720. The fourth-order valence-corrected chi connectivity index (χ4v) is 2.78. The molecule has 0 radical (unpaired) electrons. The molecule has 1 unspecified atom stereocenters. The van der Waals surface area contributed by atoms with Gasteiger partial charge in [0.1, 0.15) is 11.5 Å². The van der Waals surface area contributed by atoms with Crippen LogP contribution in [0.5, 0.6) is 5.75 Å². The van der Waals surface area contributed by atoms with Crippen LogP contribution >= 0.6 is 15.9 Å². The van der Waals surface area contributed by atoms with Crippen LogP contribution < -0.4 is 4.74 Å². The fourth-order valence-electron chi connectivity index (χ4n) is 2.42. The van der Waals surface area contributed by atoms with Gasteiger partial charge in [0.25, 0.3) is 6.04 Å². The normalized spacial score (nSPS) is 23.0. The summed E-state index contributed by atoms with van der Waals surface area (Å²) in [5, 5.41) is 12.1. The number of nitrogens with zero attached hydrogens (tertiary/aromatic N) is 2. The van der Waals surface area contributed by atoms with E-state index in [1.165, 1.54) is 18.4 Å². The van der Waals surface area contributed by atoms with Gasteiger partial charge in [-0.1, -0.05) is 15.9 Å². The Balaban J connectivity index is 2.18. The summed E-state index contributed by atoms with van der Waals surface area (Å²) in [6.45, 7) is 3.58. The van der Waals surface area contributed by atoms with Crippen LogP contribution in [-0.2, 0) is 4.79 Å². The molecule has 0 amide bonds. The van der Waals surface area contributed by atoms with Crippen molar-refractivity contribution in [3.05, 3.63) is 45.6 Å². The van der Waals surface area contributed by atoms with E-state index in [0.29, 0.717) is 21.8 Å². The number of halogens is 1. The van der Waals surface area contributed by atoms with E-state index in [2.05, 4.69) is 20.9 Å². The second kappa shape index (κ2) is 4.80. The molecule has 1 aromatic carbocycles. The highest BCUT2D eigenvalue weighted by molar-refractivity contribution is 9.10. The SMILES string of the molecule is CC1(C)N=C(C2C(=O)C=CC=[N+]2[O-])c2cc(Br)ccc2O1. The maximum Gasteiger partial charge on any atom is 0.267 e. The number of hydrogen-bond donors (Lipinski definition) is 0. The minimum Gasteiger partial charge on any atom is -0.623 e. The predicted molar refractivity (Wildman–Crippen MR) is 83.0 cm³/mol. The van der Waals surface area contributed by atoms with Crippen LogP contribution in [0.1, 0.15) is 19.4 Å². The van der Waals surface area contributed by atoms with Crippen LogP contribution in [0.4, 0.5) is 0 Å². The average Bonchev–Trinajstić information content (AvgIpc) is 2.38. The number of carbonyl (C=O) groups is 1. The molecule has 21 heavy (non-hydrogen) atoms. The summed E-state index contributed by atoms with van der Waals surface area (Å²) in [6.07, 6.45) is 4.16. The zero-order valence-electron chi connectivity index (χ0n) is 11.5. The van der Waals surface area contributed by atoms with Gasteiger partial charge in [-0.3, -0.25) is 4.79 Å². The monoisotopic (exact) mass is 348 g/mol. The molecule has 0 saturated heterocycles. The van der Waals surface area contributed by atoms with E-state index in [1.807, 2.05) is 12.1 Å². The Kier molecular flexibility index (Phi) is 3.20. The number of allylic oxidation sites excluding steroid dienone is 1. The molecule has 0 N–H and O–H groups in total. The number of rotatable bonds is 1. The molecular formula is C15H13BrN2O3. The topological polar surface area (TPSA) is 64.7 Å². The van der Waals surface area contributed by atoms with Crippen molar-refractivity contribution >= 4 is 33.6 Å². The van der Waals surface area contributed by atoms with E-state index in [4.69, 9.17) is 4.74 Å². The fraction of sp³-hybridized carbons (Fsp3) is 0.267. The predicted octanol–water partition coefficient (Wildman–Crippen LogP) is 2.46. The van der Waals surface area contributed by atoms with Gasteiger partial charge in [0.15, 0.2) is 11.9 Å². The first kappa shape index (κ1) is 14.0. The molecule has 1 atom stereocenters. The maximum absolute atomic E-state index is 12.1. The Morgan fingerprint density at radius 3 is 2.90 bits per heavy atom. The smallest absolute Gasteiger partial charge is 0.267 e. The van der Waals surface area contributed by atoms with Crippen LogP contribution in [-0.4, -0.2) is 34.2 Å². The highest BCUT2D eigenvalue weighted by atomic mass is 79.9. The van der Waals surface area contributed by atoms with E-state index >= 15 is 0 Å². The van der Waals surface area contributed by atoms with Crippen molar-refractivity contribution < 1.29 is 14.3 Å². The summed E-state index contributed by atoms with van der Waals surface area (Å²) in [5.41, 5.74) is 0.271. The molecular weight excluding hydrogens is 336 g/mol. The largest absolute Gasteiger partial charge is 0.623 e. The molecule has 0 saturated carbocycles. The quantitative estimate of drug-likeness (QED) is 0.578. The Morgan fingerprint density at radius 2 is 2.19 bits per heavy atom. The number of ether oxygens (including phenoxy) is 1. The molecule has 6 heteroatoms. The zero-order chi connectivity index (χ0) is 15.2. The lowest BCUT2D eigenvalue weighted by Crippen LogP contribution is -2.45. The standard InChI is InChI=1S/C15H13BrN2O3/c1-15(2)17-13(14-11(19)4-3-7-18(14)20)10-8-9(16)5-6-12(10)21-15/h3-8,14H,1-2H3. The van der Waals surface area contributed by atoms with Crippen LogP contribution in [0.25, 0.3) is 0 Å². The van der Waals surface area contributed by atoms with Crippen molar-refractivity contribution in [2.24, 2.45) is 4.99 Å². The summed E-state index contributed by atoms with van der Waals surface area (Å²) in [4.78, 5) is 16.6. The summed E-state index contributed by atoms with van der Waals surface area (Å²) >= 11 is 3.39. The molecule has 5 nitrogen and oxygen atoms in total. The summed E-state index contributed by atoms with van der Waals surface area (Å²) in [5.74, 6) is 0.332. The third-order valence-electron chi connectivity index (χ3n) is 3.24. The lowest BCUT2D eigenvalue weighted by atomic mass is 9.95. The van der Waals surface area contributed by atoms with Crippen LogP contribution in [0, 0.1) is 5.21 Å². The number of carbonyl (C=O) groups excluding carboxylic acids is 1. The van der Waals surface area contributed by atoms with Gasteiger partial charge in [0.05, 0.1) is 0 Å². The van der Waals surface area contributed by atoms with Crippen molar-refractivity contribution in [2.45, 2.75) is 25.6 Å². The second-order valence-corrected chi connectivity index (χ2v) is 6.27. The van der Waals surface area contributed by atoms with Crippen molar-refractivity contribution in [2.75, 3.05) is 0 Å². The molecule has 0 spiro atoms. The van der Waals surface area contributed by atoms with E-state index in [9.17, 15) is 10.0 Å². The van der Waals surface area contributed by atoms with Crippen LogP contribution in [0.3, 0.4) is 0 Å². The van der Waals surface area contributed by atoms with Gasteiger partial charge in [-0.2, -0.15) is 4.74 Å². The molecule has 2 aliphatic rings. The van der Waals surface area contributed by atoms with Crippen LogP contribution in [0.2, 0.25) is 0 Å². The first-order valence-corrected chi connectivity index (χ1v) is 7.26. The number of ketones is 1. The Morgan fingerprint density at radius 1 is 1.43 bits per heavy atom. The van der Waals surface area contributed by atoms with Crippen molar-refractivity contribution in [3.8, 4) is 5.75 Å². The van der Waals surface area contributed by atoms with Crippen molar-refractivity contribution in [1.29, 1.82) is 0 Å². The second-order valence-electron chi connectivity index (χ2n) is 5.36. The third kappa shape index (κ3) is 2.51. The Labute approximate surface area is 130 Å². The number of hydroxylamine groups is 1. The summed E-state index contributed by atoms with van der Waals surface area (Å²) < 4.78 is 7.26. The van der Waals surface area contributed by atoms with Gasteiger partial charge in [0.2, 0.25) is 5.78 Å². The maximum atomic E-state index is 12.1. The molecule has 0 aromatic heterocycles. The molecule has 2 aliphatic heterocycles. The van der Waals surface area contributed by atoms with Crippen LogP contribution in [0.15, 0.2) is 39.8 Å². The molecule has 1 aromatic rings. The van der Waals surface area contributed by atoms with Gasteiger partial charge in [0, 0.05) is 16.1 Å². The number of benzene rings is 1. The first-order chi connectivity index (χ1) is 9.87. The molecule has 0 aliphatic carbocycles. The molecule has 0 bridgehead atoms. The van der Waals surface area contributed by atoms with Gasteiger partial charge < -0.3 is 9.94 Å². The highest BCUT2D eigenvalue weighted by Crippen LogP contribution is 2.34. The lowest BCUT2D eigenvalue weighted by Gasteiger charge is -2.31. The molecule has 0 fully saturated rings. The van der Waals surface area contributed by atoms with Crippen molar-refractivity contribution in [1.82, 2.24) is 0 Å². The third-order valence-corrected chi connectivity index (χ3v) is 3.74. The number of hydrogen-bond acceptors (Lipinski definition) is 4. The van der Waals surface area contributed by atoms with E-state index in [0.717, 1.165) is 4.47 Å². The van der Waals surface area contributed by atoms with Gasteiger partial charge in [-0.05, 0) is 38.1 Å².